The van der Waals surface area contributed by atoms with Gasteiger partial charge in [0.25, 0.3) is 0 Å². The summed E-state index contributed by atoms with van der Waals surface area (Å²) in [7, 11) is 1.96. The highest BCUT2D eigenvalue weighted by molar-refractivity contribution is 5.38. The van der Waals surface area contributed by atoms with Gasteiger partial charge in [0.1, 0.15) is 11.9 Å². The Morgan fingerprint density at radius 2 is 2.13 bits per heavy atom. The third-order valence-electron chi connectivity index (χ3n) is 2.51. The van der Waals surface area contributed by atoms with Crippen molar-refractivity contribution in [1.82, 2.24) is 4.90 Å². The zero-order valence-corrected chi connectivity index (χ0v) is 9.29. The molecule has 0 aliphatic carbocycles. The molecule has 0 heterocycles. The average Bonchev–Trinajstić information content (AvgIpc) is 2.18. The molecule has 1 rings (SSSR count). The van der Waals surface area contributed by atoms with Gasteiger partial charge in [-0.25, -0.2) is 4.39 Å². The van der Waals surface area contributed by atoms with Crippen LogP contribution in [0.1, 0.15) is 25.0 Å². The first-order chi connectivity index (χ1) is 7.06. The molecule has 0 N–H and O–H groups in total. The third-order valence-corrected chi connectivity index (χ3v) is 2.51. The summed E-state index contributed by atoms with van der Waals surface area (Å²) in [5.41, 5.74) is 0.902. The largest absolute Gasteiger partial charge is 0.300 e. The first-order valence-electron chi connectivity index (χ1n) is 4.94. The van der Waals surface area contributed by atoms with Crippen LogP contribution in [0.25, 0.3) is 0 Å². The summed E-state index contributed by atoms with van der Waals surface area (Å²) in [6, 6.07) is 7.03. The second kappa shape index (κ2) is 4.90. The van der Waals surface area contributed by atoms with Crippen molar-refractivity contribution in [3.63, 3.8) is 0 Å². The van der Waals surface area contributed by atoms with E-state index in [1.54, 1.807) is 12.1 Å². The van der Waals surface area contributed by atoms with Crippen LogP contribution in [0.3, 0.4) is 0 Å². The summed E-state index contributed by atoms with van der Waals surface area (Å²) in [5, 5.41) is 8.84. The van der Waals surface area contributed by atoms with Crippen LogP contribution in [0.15, 0.2) is 18.2 Å². The van der Waals surface area contributed by atoms with Gasteiger partial charge in [-0.1, -0.05) is 12.1 Å². The number of rotatable bonds is 3. The minimum atomic E-state index is -0.438. The zero-order chi connectivity index (χ0) is 11.4. The van der Waals surface area contributed by atoms with Crippen LogP contribution in [0, 0.1) is 17.1 Å². The Labute approximate surface area is 89.9 Å². The second-order valence-corrected chi connectivity index (χ2v) is 3.89. The molecule has 0 fully saturated rings. The normalized spacial score (nSPS) is 10.7. The summed E-state index contributed by atoms with van der Waals surface area (Å²) >= 11 is 0. The molecule has 0 saturated heterocycles. The fourth-order valence-electron chi connectivity index (χ4n) is 1.28. The van der Waals surface area contributed by atoms with E-state index in [1.807, 2.05) is 13.1 Å². The van der Waals surface area contributed by atoms with Gasteiger partial charge in [0.2, 0.25) is 0 Å². The van der Waals surface area contributed by atoms with Crippen molar-refractivity contribution in [2.75, 3.05) is 7.05 Å². The summed E-state index contributed by atoms with van der Waals surface area (Å²) in [6.07, 6.45) is 0. The summed E-state index contributed by atoms with van der Waals surface area (Å²) in [5.74, 6) is -0.438. The summed E-state index contributed by atoms with van der Waals surface area (Å²) in [4.78, 5) is 2.07. The van der Waals surface area contributed by atoms with Crippen LogP contribution < -0.4 is 0 Å². The van der Waals surface area contributed by atoms with Crippen LogP contribution in [0.4, 0.5) is 4.39 Å². The number of halogens is 1. The Balaban J connectivity index is 2.96. The van der Waals surface area contributed by atoms with Crippen molar-refractivity contribution < 1.29 is 4.39 Å². The van der Waals surface area contributed by atoms with Crippen molar-refractivity contribution in [1.29, 1.82) is 5.26 Å². The monoisotopic (exact) mass is 206 g/mol. The van der Waals surface area contributed by atoms with Crippen molar-refractivity contribution >= 4 is 0 Å². The van der Waals surface area contributed by atoms with E-state index >= 15 is 0 Å². The number of benzene rings is 1. The smallest absolute Gasteiger partial charge is 0.141 e. The highest BCUT2D eigenvalue weighted by atomic mass is 19.1. The molecule has 0 aromatic heterocycles. The molecule has 0 unspecified atom stereocenters. The van der Waals surface area contributed by atoms with Crippen LogP contribution in [-0.4, -0.2) is 18.0 Å². The molecule has 0 atom stereocenters. The quantitative estimate of drug-likeness (QED) is 0.760. The molecule has 1 aromatic rings. The van der Waals surface area contributed by atoms with Crippen LogP contribution in [-0.2, 0) is 6.54 Å². The second-order valence-electron chi connectivity index (χ2n) is 3.89. The predicted molar refractivity (Wildman–Crippen MR) is 57.7 cm³/mol. The average molecular weight is 206 g/mol. The van der Waals surface area contributed by atoms with E-state index in [1.165, 1.54) is 6.07 Å². The summed E-state index contributed by atoms with van der Waals surface area (Å²) in [6.45, 7) is 4.72. The first-order valence-corrected chi connectivity index (χ1v) is 4.94. The maximum absolute atomic E-state index is 13.3. The van der Waals surface area contributed by atoms with Crippen molar-refractivity contribution in [2.24, 2.45) is 0 Å². The van der Waals surface area contributed by atoms with Crippen LogP contribution >= 0.6 is 0 Å². The third kappa shape index (κ3) is 2.77. The van der Waals surface area contributed by atoms with Gasteiger partial charge in [0.05, 0.1) is 5.56 Å². The van der Waals surface area contributed by atoms with E-state index in [2.05, 4.69) is 18.7 Å². The molecule has 3 heteroatoms. The predicted octanol–water partition coefficient (Wildman–Crippen LogP) is 2.54. The van der Waals surface area contributed by atoms with Crippen molar-refractivity contribution in [3.8, 4) is 6.07 Å². The molecule has 0 saturated carbocycles. The van der Waals surface area contributed by atoms with E-state index in [-0.39, 0.29) is 5.56 Å². The fourth-order valence-corrected chi connectivity index (χ4v) is 1.28. The van der Waals surface area contributed by atoms with Gasteiger partial charge in [0.15, 0.2) is 0 Å². The number of nitriles is 1. The number of hydrogen-bond donors (Lipinski definition) is 0. The number of hydrogen-bond acceptors (Lipinski definition) is 2. The van der Waals surface area contributed by atoms with Crippen LogP contribution in [0.2, 0.25) is 0 Å². The SMILES string of the molecule is CC(C)N(C)Cc1cccc(F)c1C#N. The van der Waals surface area contributed by atoms with E-state index in [0.29, 0.717) is 12.6 Å². The minimum absolute atomic E-state index is 0.157. The standard InChI is InChI=1S/C12H15FN2/c1-9(2)15(3)8-10-5-4-6-12(13)11(10)7-14/h4-6,9H,8H2,1-3H3. The fraction of sp³-hybridized carbons (Fsp3) is 0.417. The molecular formula is C12H15FN2. The Hall–Kier alpha value is -1.40. The van der Waals surface area contributed by atoms with Gasteiger partial charge in [-0.3, -0.25) is 4.90 Å². The van der Waals surface area contributed by atoms with Crippen molar-refractivity contribution in [3.05, 3.63) is 35.1 Å². The maximum atomic E-state index is 13.3. The lowest BCUT2D eigenvalue weighted by Crippen LogP contribution is -2.26. The van der Waals surface area contributed by atoms with Gasteiger partial charge in [-0.15, -0.1) is 0 Å². The molecule has 0 bridgehead atoms. The maximum Gasteiger partial charge on any atom is 0.141 e. The Morgan fingerprint density at radius 3 is 2.67 bits per heavy atom. The van der Waals surface area contributed by atoms with Crippen molar-refractivity contribution in [2.45, 2.75) is 26.4 Å². The first kappa shape index (κ1) is 11.7. The van der Waals surface area contributed by atoms with Gasteiger partial charge in [0, 0.05) is 12.6 Å². The Bertz CT molecular complexity index is 380. The molecular weight excluding hydrogens is 191 g/mol. The lowest BCUT2D eigenvalue weighted by atomic mass is 10.1. The molecule has 0 aliphatic rings. The van der Waals surface area contributed by atoms with Gasteiger partial charge in [-0.05, 0) is 32.5 Å². The summed E-state index contributed by atoms with van der Waals surface area (Å²) < 4.78 is 13.3. The molecule has 0 amide bonds. The highest BCUT2D eigenvalue weighted by Crippen LogP contribution is 2.14. The van der Waals surface area contributed by atoms with Gasteiger partial charge < -0.3 is 0 Å². The molecule has 80 valence electrons. The van der Waals surface area contributed by atoms with E-state index < -0.39 is 5.82 Å². The Morgan fingerprint density at radius 1 is 1.47 bits per heavy atom. The lowest BCUT2D eigenvalue weighted by Gasteiger charge is -2.21. The van der Waals surface area contributed by atoms with E-state index in [4.69, 9.17) is 5.26 Å². The molecule has 15 heavy (non-hydrogen) atoms. The lowest BCUT2D eigenvalue weighted by molar-refractivity contribution is 0.265. The highest BCUT2D eigenvalue weighted by Gasteiger charge is 2.10. The minimum Gasteiger partial charge on any atom is -0.300 e. The number of nitrogens with zero attached hydrogens (tertiary/aromatic N) is 2. The van der Waals surface area contributed by atoms with E-state index in [0.717, 1.165) is 5.56 Å². The van der Waals surface area contributed by atoms with Gasteiger partial charge >= 0.3 is 0 Å². The topological polar surface area (TPSA) is 27.0 Å². The van der Waals surface area contributed by atoms with Crippen LogP contribution in [0.5, 0.6) is 0 Å². The molecule has 1 aromatic carbocycles. The zero-order valence-electron chi connectivity index (χ0n) is 9.29. The Kier molecular flexibility index (Phi) is 3.81. The molecule has 0 radical (unpaired) electrons. The van der Waals surface area contributed by atoms with E-state index in [9.17, 15) is 4.39 Å². The molecule has 0 spiro atoms. The molecule has 0 aliphatic heterocycles. The molecule has 2 nitrogen and oxygen atoms in total. The van der Waals surface area contributed by atoms with Gasteiger partial charge in [-0.2, -0.15) is 5.26 Å².